The monoisotopic (exact) mass is 251 g/mol. The number of fused-ring (bicyclic) bond motifs is 1. The van der Waals surface area contributed by atoms with Crippen LogP contribution in [0.1, 0.15) is 11.1 Å². The van der Waals surface area contributed by atoms with Crippen LogP contribution in [0.2, 0.25) is 0 Å². The molecule has 3 aromatic rings. The number of benzene rings is 2. The summed E-state index contributed by atoms with van der Waals surface area (Å²) in [4.78, 5) is 16.5. The van der Waals surface area contributed by atoms with Gasteiger partial charge in [-0.15, -0.1) is 0 Å². The molecule has 2 aromatic carbocycles. The summed E-state index contributed by atoms with van der Waals surface area (Å²) in [6, 6.07) is 13.3. The zero-order chi connectivity index (χ0) is 13.4. The number of hydrogen-bond acceptors (Lipinski definition) is 3. The molecule has 0 amide bonds. The molecule has 0 saturated carbocycles. The van der Waals surface area contributed by atoms with Crippen LogP contribution in [0.25, 0.3) is 22.4 Å². The van der Waals surface area contributed by atoms with Crippen molar-refractivity contribution < 1.29 is 4.42 Å². The van der Waals surface area contributed by atoms with Gasteiger partial charge in [-0.25, -0.2) is 9.78 Å². The minimum Gasteiger partial charge on any atom is -0.403 e. The number of hydrogen-bond donors (Lipinski definition) is 0. The van der Waals surface area contributed by atoms with Crippen LogP contribution in [0.3, 0.4) is 0 Å². The summed E-state index contributed by atoms with van der Waals surface area (Å²) in [5.41, 5.74) is 3.26. The van der Waals surface area contributed by atoms with Gasteiger partial charge in [-0.2, -0.15) is 0 Å². The van der Waals surface area contributed by atoms with Crippen molar-refractivity contribution in [2.45, 2.75) is 13.8 Å². The first kappa shape index (κ1) is 11.7. The van der Waals surface area contributed by atoms with Gasteiger partial charge in [0.1, 0.15) is 0 Å². The van der Waals surface area contributed by atoms with Crippen LogP contribution in [-0.2, 0) is 0 Å². The fourth-order valence-electron chi connectivity index (χ4n) is 2.14. The summed E-state index contributed by atoms with van der Waals surface area (Å²) in [7, 11) is 0. The molecule has 3 heteroatoms. The Balaban J connectivity index is 2.32. The van der Waals surface area contributed by atoms with E-state index in [9.17, 15) is 4.79 Å². The van der Waals surface area contributed by atoms with Crippen molar-refractivity contribution in [2.24, 2.45) is 0 Å². The highest BCUT2D eigenvalue weighted by atomic mass is 16.4. The molecule has 94 valence electrons. The molecule has 1 aromatic heterocycles. The van der Waals surface area contributed by atoms with Crippen LogP contribution in [0.4, 0.5) is 0 Å². The van der Waals surface area contributed by atoms with Crippen molar-refractivity contribution in [3.05, 3.63) is 64.0 Å². The van der Waals surface area contributed by atoms with Crippen LogP contribution < -0.4 is 5.63 Å². The normalized spacial score (nSPS) is 10.8. The fourth-order valence-corrected chi connectivity index (χ4v) is 2.14. The summed E-state index contributed by atoms with van der Waals surface area (Å²) in [5.74, 6) is 0.371. The van der Waals surface area contributed by atoms with E-state index in [1.54, 1.807) is 6.07 Å². The average molecular weight is 251 g/mol. The van der Waals surface area contributed by atoms with E-state index in [1.165, 1.54) is 0 Å². The first-order chi connectivity index (χ1) is 9.15. The molecule has 0 spiro atoms. The zero-order valence-electron chi connectivity index (χ0n) is 10.8. The minimum atomic E-state index is -0.342. The molecule has 0 radical (unpaired) electrons. The molecule has 1 heterocycles. The quantitative estimate of drug-likeness (QED) is 0.665. The van der Waals surface area contributed by atoms with E-state index in [4.69, 9.17) is 4.42 Å². The van der Waals surface area contributed by atoms with Gasteiger partial charge in [-0.3, -0.25) is 0 Å². The lowest BCUT2D eigenvalue weighted by Gasteiger charge is -2.04. The van der Waals surface area contributed by atoms with Crippen molar-refractivity contribution in [1.82, 2.24) is 4.98 Å². The molecule has 0 aliphatic heterocycles. The van der Waals surface area contributed by atoms with Gasteiger partial charge in [0, 0.05) is 5.56 Å². The lowest BCUT2D eigenvalue weighted by Crippen LogP contribution is -2.03. The Morgan fingerprint density at radius 2 is 1.84 bits per heavy atom. The van der Waals surface area contributed by atoms with Gasteiger partial charge in [-0.05, 0) is 37.6 Å². The molecular weight excluding hydrogens is 238 g/mol. The fraction of sp³-hybridized carbons (Fsp3) is 0.125. The third-order valence-corrected chi connectivity index (χ3v) is 3.13. The molecular formula is C16H13NO2. The molecule has 0 bridgehead atoms. The average Bonchev–Trinajstić information content (AvgIpc) is 2.40. The van der Waals surface area contributed by atoms with Crippen LogP contribution in [-0.4, -0.2) is 4.98 Å². The van der Waals surface area contributed by atoms with Crippen molar-refractivity contribution in [1.29, 1.82) is 0 Å². The number of aryl methyl sites for hydroxylation is 2. The van der Waals surface area contributed by atoms with Crippen molar-refractivity contribution in [3.8, 4) is 11.5 Å². The van der Waals surface area contributed by atoms with E-state index in [0.29, 0.717) is 16.8 Å². The molecule has 0 fully saturated rings. The Bertz CT molecular complexity index is 818. The smallest absolute Gasteiger partial charge is 0.347 e. The highest BCUT2D eigenvalue weighted by Crippen LogP contribution is 2.20. The van der Waals surface area contributed by atoms with Gasteiger partial charge in [-0.1, -0.05) is 29.8 Å². The summed E-state index contributed by atoms with van der Waals surface area (Å²) < 4.78 is 5.32. The van der Waals surface area contributed by atoms with E-state index in [1.807, 2.05) is 50.2 Å². The number of para-hydroxylation sites is 1. The number of nitrogens with zero attached hydrogens (tertiary/aromatic N) is 1. The molecule has 0 unspecified atom stereocenters. The maximum Gasteiger partial charge on any atom is 0.347 e. The third-order valence-electron chi connectivity index (χ3n) is 3.13. The Labute approximate surface area is 110 Å². The molecule has 3 rings (SSSR count). The van der Waals surface area contributed by atoms with Gasteiger partial charge in [0.2, 0.25) is 5.89 Å². The van der Waals surface area contributed by atoms with Crippen LogP contribution >= 0.6 is 0 Å². The highest BCUT2D eigenvalue weighted by molar-refractivity contribution is 5.81. The van der Waals surface area contributed by atoms with Crippen LogP contribution in [0.15, 0.2) is 51.7 Å². The first-order valence-corrected chi connectivity index (χ1v) is 6.12. The Kier molecular flexibility index (Phi) is 2.67. The molecule has 0 saturated heterocycles. The van der Waals surface area contributed by atoms with Gasteiger partial charge in [0.15, 0.2) is 0 Å². The first-order valence-electron chi connectivity index (χ1n) is 6.12. The molecule has 0 aliphatic rings. The van der Waals surface area contributed by atoms with Crippen LogP contribution in [0, 0.1) is 13.8 Å². The van der Waals surface area contributed by atoms with E-state index in [-0.39, 0.29) is 5.63 Å². The third kappa shape index (κ3) is 2.03. The van der Waals surface area contributed by atoms with Gasteiger partial charge < -0.3 is 4.42 Å². The molecule has 0 atom stereocenters. The van der Waals surface area contributed by atoms with E-state index in [2.05, 4.69) is 4.98 Å². The largest absolute Gasteiger partial charge is 0.403 e. The zero-order valence-corrected chi connectivity index (χ0v) is 10.8. The topological polar surface area (TPSA) is 43.1 Å². The SMILES string of the molecule is Cc1cccc(-c2nc3c(C)cccc3c(=O)o2)c1. The maximum atomic E-state index is 12.0. The number of rotatable bonds is 1. The van der Waals surface area contributed by atoms with Crippen LogP contribution in [0.5, 0.6) is 0 Å². The predicted octanol–water partition coefficient (Wildman–Crippen LogP) is 3.47. The summed E-state index contributed by atoms with van der Waals surface area (Å²) in [6.45, 7) is 3.93. The molecule has 19 heavy (non-hydrogen) atoms. The second kappa shape index (κ2) is 4.35. The highest BCUT2D eigenvalue weighted by Gasteiger charge is 2.09. The van der Waals surface area contributed by atoms with Gasteiger partial charge >= 0.3 is 5.63 Å². The summed E-state index contributed by atoms with van der Waals surface area (Å²) in [6.07, 6.45) is 0. The Morgan fingerprint density at radius 1 is 1.05 bits per heavy atom. The molecule has 0 N–H and O–H groups in total. The predicted molar refractivity (Wildman–Crippen MR) is 75.2 cm³/mol. The standard InChI is InChI=1S/C16H13NO2/c1-10-5-3-7-12(9-10)15-17-14-11(2)6-4-8-13(14)16(18)19-15/h3-9H,1-2H3. The lowest BCUT2D eigenvalue weighted by atomic mass is 10.1. The summed E-state index contributed by atoms with van der Waals surface area (Å²) >= 11 is 0. The Hall–Kier alpha value is -2.42. The van der Waals surface area contributed by atoms with Gasteiger partial charge in [0.05, 0.1) is 10.9 Å². The van der Waals surface area contributed by atoms with E-state index >= 15 is 0 Å². The number of aromatic nitrogens is 1. The minimum absolute atomic E-state index is 0.342. The van der Waals surface area contributed by atoms with E-state index in [0.717, 1.165) is 16.7 Å². The molecule has 0 aliphatic carbocycles. The van der Waals surface area contributed by atoms with Crippen molar-refractivity contribution in [2.75, 3.05) is 0 Å². The maximum absolute atomic E-state index is 12.0. The lowest BCUT2D eigenvalue weighted by molar-refractivity contribution is 0.518. The van der Waals surface area contributed by atoms with Crippen molar-refractivity contribution >= 4 is 10.9 Å². The summed E-state index contributed by atoms with van der Waals surface area (Å²) in [5, 5.41) is 0.524. The second-order valence-corrected chi connectivity index (χ2v) is 4.65. The molecule has 3 nitrogen and oxygen atoms in total. The van der Waals surface area contributed by atoms with Crippen molar-refractivity contribution in [3.63, 3.8) is 0 Å². The Morgan fingerprint density at radius 3 is 2.63 bits per heavy atom. The second-order valence-electron chi connectivity index (χ2n) is 4.65. The van der Waals surface area contributed by atoms with Gasteiger partial charge in [0.25, 0.3) is 0 Å². The van der Waals surface area contributed by atoms with E-state index < -0.39 is 0 Å².